The molecule has 1 saturated heterocycles. The van der Waals surface area contributed by atoms with Crippen LogP contribution in [0.3, 0.4) is 0 Å². The molecule has 0 amide bonds. The van der Waals surface area contributed by atoms with Crippen LogP contribution >= 0.6 is 0 Å². The van der Waals surface area contributed by atoms with Crippen molar-refractivity contribution >= 4 is 6.08 Å². The quantitative estimate of drug-likeness (QED) is 0.800. The summed E-state index contributed by atoms with van der Waals surface area (Å²) in [6.07, 6.45) is 2.05. The molecule has 0 radical (unpaired) electrons. The Balaban J connectivity index is 1.71. The first-order chi connectivity index (χ1) is 10.6. The number of likely N-dealkylation sites (tertiary alicyclic amines) is 1. The summed E-state index contributed by atoms with van der Waals surface area (Å²) < 4.78 is 28.8. The highest BCUT2D eigenvalue weighted by atomic mass is 19.3. The molecule has 0 saturated carbocycles. The van der Waals surface area contributed by atoms with Crippen LogP contribution in [-0.4, -0.2) is 23.9 Å². The molecule has 114 valence electrons. The summed E-state index contributed by atoms with van der Waals surface area (Å²) >= 11 is 0. The van der Waals surface area contributed by atoms with Gasteiger partial charge in [-0.15, -0.1) is 0 Å². The molecule has 1 heterocycles. The molecule has 3 heteroatoms. The Morgan fingerprint density at radius 3 is 2.23 bits per heavy atom. The van der Waals surface area contributed by atoms with Crippen LogP contribution in [0.2, 0.25) is 0 Å². The number of halogens is 2. The van der Waals surface area contributed by atoms with Crippen LogP contribution in [0.15, 0.2) is 66.2 Å². The smallest absolute Gasteiger partial charge is 0.282 e. The van der Waals surface area contributed by atoms with Crippen LogP contribution in [0.4, 0.5) is 8.78 Å². The summed E-state index contributed by atoms with van der Waals surface area (Å²) in [5.74, 6) is -2.76. The Morgan fingerprint density at radius 1 is 0.955 bits per heavy atom. The Labute approximate surface area is 129 Å². The van der Waals surface area contributed by atoms with E-state index in [0.717, 1.165) is 11.1 Å². The van der Waals surface area contributed by atoms with Crippen LogP contribution < -0.4 is 0 Å². The largest absolute Gasteiger partial charge is 0.293 e. The lowest BCUT2D eigenvalue weighted by Gasteiger charge is -2.34. The summed E-state index contributed by atoms with van der Waals surface area (Å²) in [6, 6.07) is 19.1. The molecule has 1 aliphatic rings. The van der Waals surface area contributed by atoms with E-state index in [1.165, 1.54) is 0 Å². The third-order valence-corrected chi connectivity index (χ3v) is 3.98. The summed E-state index contributed by atoms with van der Waals surface area (Å²) in [5.41, 5.74) is 2.16. The van der Waals surface area contributed by atoms with E-state index in [0.29, 0.717) is 19.5 Å². The lowest BCUT2D eigenvalue weighted by atomic mass is 9.97. The van der Waals surface area contributed by atoms with Gasteiger partial charge in [0, 0.05) is 18.7 Å². The molecule has 2 aromatic rings. The van der Waals surface area contributed by atoms with Crippen LogP contribution in [0.5, 0.6) is 0 Å². The van der Waals surface area contributed by atoms with E-state index in [2.05, 4.69) is 0 Å². The molecule has 22 heavy (non-hydrogen) atoms. The maximum atomic E-state index is 14.4. The SMILES string of the molecule is FC1(F)CN(Cc2ccccc2)CC/C1=C\c1ccccc1. The molecule has 1 fully saturated rings. The minimum Gasteiger partial charge on any atom is -0.293 e. The predicted molar refractivity (Wildman–Crippen MR) is 85.7 cm³/mol. The lowest BCUT2D eigenvalue weighted by molar-refractivity contribution is -0.0204. The third kappa shape index (κ3) is 3.60. The van der Waals surface area contributed by atoms with Crippen LogP contribution in [0.1, 0.15) is 17.5 Å². The van der Waals surface area contributed by atoms with Crippen molar-refractivity contribution in [1.29, 1.82) is 0 Å². The molecule has 0 atom stereocenters. The number of nitrogens with zero attached hydrogens (tertiary/aromatic N) is 1. The van der Waals surface area contributed by atoms with Gasteiger partial charge in [-0.3, -0.25) is 4.90 Å². The Kier molecular flexibility index (Phi) is 4.34. The summed E-state index contributed by atoms with van der Waals surface area (Å²) in [6.45, 7) is 1.04. The molecule has 2 aromatic carbocycles. The molecule has 1 aliphatic heterocycles. The zero-order chi connectivity index (χ0) is 15.4. The van der Waals surface area contributed by atoms with E-state index in [-0.39, 0.29) is 12.1 Å². The maximum absolute atomic E-state index is 14.4. The summed E-state index contributed by atoms with van der Waals surface area (Å²) in [4.78, 5) is 1.83. The van der Waals surface area contributed by atoms with Gasteiger partial charge in [0.05, 0.1) is 6.54 Å². The topological polar surface area (TPSA) is 3.24 Å². The van der Waals surface area contributed by atoms with Gasteiger partial charge in [-0.25, -0.2) is 8.78 Å². The van der Waals surface area contributed by atoms with Crippen molar-refractivity contribution in [1.82, 2.24) is 4.90 Å². The lowest BCUT2D eigenvalue weighted by Crippen LogP contribution is -2.43. The minimum absolute atomic E-state index is 0.208. The predicted octanol–water partition coefficient (Wildman–Crippen LogP) is 4.61. The molecule has 1 nitrogen and oxygen atoms in total. The van der Waals surface area contributed by atoms with E-state index in [4.69, 9.17) is 0 Å². The van der Waals surface area contributed by atoms with Gasteiger partial charge in [-0.2, -0.15) is 0 Å². The molecule has 0 aromatic heterocycles. The van der Waals surface area contributed by atoms with Crippen LogP contribution in [-0.2, 0) is 6.54 Å². The van der Waals surface area contributed by atoms with Gasteiger partial charge < -0.3 is 0 Å². The molecular weight excluding hydrogens is 280 g/mol. The van der Waals surface area contributed by atoms with Crippen molar-refractivity contribution in [2.45, 2.75) is 18.9 Å². The van der Waals surface area contributed by atoms with E-state index in [1.54, 1.807) is 6.08 Å². The number of piperidine rings is 1. The van der Waals surface area contributed by atoms with Gasteiger partial charge >= 0.3 is 0 Å². The first-order valence-corrected chi connectivity index (χ1v) is 7.54. The Bertz CT molecular complexity index is 635. The van der Waals surface area contributed by atoms with Crippen molar-refractivity contribution in [2.24, 2.45) is 0 Å². The highest BCUT2D eigenvalue weighted by Crippen LogP contribution is 2.34. The van der Waals surface area contributed by atoms with Crippen molar-refractivity contribution in [3.63, 3.8) is 0 Å². The fourth-order valence-electron chi connectivity index (χ4n) is 2.83. The number of hydrogen-bond donors (Lipinski definition) is 0. The standard InChI is InChI=1S/C19H19F2N/c20-19(21)15-22(14-17-9-5-2-6-10-17)12-11-18(19)13-16-7-3-1-4-8-16/h1-10,13H,11-12,14-15H2/b18-13+. The monoisotopic (exact) mass is 299 g/mol. The van der Waals surface area contributed by atoms with Gasteiger partial charge in [0.1, 0.15) is 0 Å². The highest BCUT2D eigenvalue weighted by molar-refractivity contribution is 5.55. The van der Waals surface area contributed by atoms with E-state index >= 15 is 0 Å². The van der Waals surface area contributed by atoms with Crippen LogP contribution in [0, 0.1) is 0 Å². The van der Waals surface area contributed by atoms with Gasteiger partial charge in [0.2, 0.25) is 0 Å². The second kappa shape index (κ2) is 6.41. The Hall–Kier alpha value is -2.00. The van der Waals surface area contributed by atoms with Gasteiger partial charge in [-0.05, 0) is 23.6 Å². The molecule has 0 aliphatic carbocycles. The Morgan fingerprint density at radius 2 is 1.59 bits per heavy atom. The van der Waals surface area contributed by atoms with E-state index < -0.39 is 5.92 Å². The minimum atomic E-state index is -2.76. The fraction of sp³-hybridized carbons (Fsp3) is 0.263. The van der Waals surface area contributed by atoms with E-state index in [9.17, 15) is 8.78 Å². The maximum Gasteiger partial charge on any atom is 0.282 e. The third-order valence-electron chi connectivity index (χ3n) is 3.98. The normalized spacial score (nSPS) is 20.2. The molecule has 0 spiro atoms. The van der Waals surface area contributed by atoms with Gasteiger partial charge in [0.25, 0.3) is 5.92 Å². The van der Waals surface area contributed by atoms with Crippen LogP contribution in [0.25, 0.3) is 6.08 Å². The molecule has 0 bridgehead atoms. The average Bonchev–Trinajstić information content (AvgIpc) is 2.52. The highest BCUT2D eigenvalue weighted by Gasteiger charge is 2.39. The van der Waals surface area contributed by atoms with Gasteiger partial charge in [-0.1, -0.05) is 60.7 Å². The number of benzene rings is 2. The molecule has 3 rings (SSSR count). The molecular formula is C19H19F2N. The van der Waals surface area contributed by atoms with Crippen molar-refractivity contribution in [3.8, 4) is 0 Å². The van der Waals surface area contributed by atoms with E-state index in [1.807, 2.05) is 65.6 Å². The van der Waals surface area contributed by atoms with Crippen molar-refractivity contribution in [3.05, 3.63) is 77.4 Å². The molecule has 0 N–H and O–H groups in total. The summed E-state index contributed by atoms with van der Waals surface area (Å²) in [5, 5.41) is 0. The number of hydrogen-bond acceptors (Lipinski definition) is 1. The number of rotatable bonds is 3. The second-order valence-corrected chi connectivity index (χ2v) is 5.73. The zero-order valence-electron chi connectivity index (χ0n) is 12.4. The zero-order valence-corrected chi connectivity index (χ0v) is 12.4. The fourth-order valence-corrected chi connectivity index (χ4v) is 2.83. The first kappa shape index (κ1) is 14.9. The first-order valence-electron chi connectivity index (χ1n) is 7.54. The van der Waals surface area contributed by atoms with Crippen molar-refractivity contribution < 1.29 is 8.78 Å². The summed E-state index contributed by atoms with van der Waals surface area (Å²) in [7, 11) is 0. The van der Waals surface area contributed by atoms with Crippen molar-refractivity contribution in [2.75, 3.05) is 13.1 Å². The number of alkyl halides is 2. The average molecular weight is 299 g/mol. The second-order valence-electron chi connectivity index (χ2n) is 5.73. The van der Waals surface area contributed by atoms with Gasteiger partial charge in [0.15, 0.2) is 0 Å². The molecule has 0 unspecified atom stereocenters.